The molecule has 1 unspecified atom stereocenters. The summed E-state index contributed by atoms with van der Waals surface area (Å²) in [5, 5.41) is 3.27. The molecule has 4 aromatic carbocycles. The van der Waals surface area contributed by atoms with E-state index in [1.54, 1.807) is 24.8 Å². The summed E-state index contributed by atoms with van der Waals surface area (Å²) in [6, 6.07) is 43.4. The number of hydrogen-bond acceptors (Lipinski definition) is 0. The number of rotatable bonds is 12. The van der Waals surface area contributed by atoms with Gasteiger partial charge in [0.15, 0.2) is 0 Å². The molecule has 0 bridgehead atoms. The van der Waals surface area contributed by atoms with Gasteiger partial charge in [-0.15, -0.1) is 0 Å². The fourth-order valence-electron chi connectivity index (χ4n) is 11.7. The average Bonchev–Trinajstić information content (AvgIpc) is 3.86. The van der Waals surface area contributed by atoms with Crippen molar-refractivity contribution in [1.82, 2.24) is 0 Å². The Hall–Kier alpha value is -2.47. The summed E-state index contributed by atoms with van der Waals surface area (Å²) in [5.74, 6) is 0. The average molecular weight is 946 g/mol. The molecule has 3 heteroatoms. The molecule has 2 aliphatic rings. The van der Waals surface area contributed by atoms with E-state index in [1.165, 1.54) is 69.6 Å². The first kappa shape index (κ1) is 43.1. The van der Waals surface area contributed by atoms with E-state index in [0.29, 0.717) is 7.35 Å². The van der Waals surface area contributed by atoms with E-state index < -0.39 is 34.2 Å². The van der Waals surface area contributed by atoms with E-state index in [9.17, 15) is 0 Å². The fourth-order valence-corrected chi connectivity index (χ4v) is 43.9. The summed E-state index contributed by atoms with van der Waals surface area (Å²) in [5.41, 5.74) is 12.1. The molecule has 0 saturated carbocycles. The summed E-state index contributed by atoms with van der Waals surface area (Å²) < 4.78 is 8.14. The van der Waals surface area contributed by atoms with Gasteiger partial charge in [-0.2, -0.15) is 0 Å². The molecule has 4 aromatic rings. The van der Waals surface area contributed by atoms with Gasteiger partial charge >= 0.3 is 348 Å². The standard InChI is InChI=1S/C25H38Si2.C21H25.C5H5.2CH3.Hf/c1-7-26(8-2,9-3)24-17-13-22(14-18-24)21-23-15-19-25(20-16-23)27(10-4,11-5)12-6;1-20(2,3)15-11-10-14-12-18-16(17(14)13-15)8-7-9-19(18)21(4,5)6;1-2-4-5-3-1;;;/h13-20H,7-12H2,1-6H3;7-13H,1-6H3;1-5H;2*1H3;. The van der Waals surface area contributed by atoms with Crippen LogP contribution in [-0.2, 0) is 28.8 Å². The van der Waals surface area contributed by atoms with Crippen molar-refractivity contribution in [3.63, 3.8) is 0 Å². The van der Waals surface area contributed by atoms with Crippen molar-refractivity contribution < 1.29 is 18.0 Å². The van der Waals surface area contributed by atoms with Crippen LogP contribution in [0.2, 0.25) is 49.3 Å². The SMILES string of the molecule is CC[Si](CC)(CC)c1ccc([C](c2ccc([Si](CC)(CC)CC)cc2)=[Hf]([CH3])([CH3])([CH]2C=CC=C2)[CH]2c3ccc(C(C)(C)C)cc3-c3cccc(C(C)(C)C)c32)cc1. The fraction of sp³-hybridized carbons (Fsp3) is 0.453. The van der Waals surface area contributed by atoms with Gasteiger partial charge in [-0.1, -0.05) is 0 Å². The van der Waals surface area contributed by atoms with Crippen LogP contribution >= 0.6 is 0 Å². The van der Waals surface area contributed by atoms with Crippen molar-refractivity contribution in [2.24, 2.45) is 0 Å². The zero-order chi connectivity index (χ0) is 40.9. The Morgan fingerprint density at radius 1 is 0.554 bits per heavy atom. The summed E-state index contributed by atoms with van der Waals surface area (Å²) in [4.78, 5) is 0. The Labute approximate surface area is 346 Å². The first-order valence-electron chi connectivity index (χ1n) is 22.3. The van der Waals surface area contributed by atoms with Crippen molar-refractivity contribution in [3.05, 3.63) is 143 Å². The molecule has 56 heavy (non-hydrogen) atoms. The maximum absolute atomic E-state index is 4.68. The molecule has 0 heterocycles. The zero-order valence-corrected chi connectivity index (χ0v) is 43.4. The molecule has 0 fully saturated rings. The normalized spacial score (nSPS) is 16.4. The van der Waals surface area contributed by atoms with Gasteiger partial charge in [0, 0.05) is 0 Å². The van der Waals surface area contributed by atoms with E-state index in [4.69, 9.17) is 0 Å². The number of benzene rings is 4. The topological polar surface area (TPSA) is 0 Å². The van der Waals surface area contributed by atoms with Crippen LogP contribution in [0.5, 0.6) is 0 Å². The molecule has 0 N–H and O–H groups in total. The molecular formula is C53H74HfSi2. The third-order valence-corrected chi connectivity index (χ3v) is 52.1. The molecular weight excluding hydrogens is 871 g/mol. The van der Waals surface area contributed by atoms with Gasteiger partial charge in [0.05, 0.1) is 0 Å². The Morgan fingerprint density at radius 3 is 1.43 bits per heavy atom. The summed E-state index contributed by atoms with van der Waals surface area (Å²) >= 11 is -4.68. The maximum atomic E-state index is 2.87. The molecule has 0 radical (unpaired) electrons. The monoisotopic (exact) mass is 946 g/mol. The molecule has 1 atom stereocenters. The Morgan fingerprint density at radius 2 is 1.02 bits per heavy atom. The molecule has 0 nitrogen and oxygen atoms in total. The van der Waals surface area contributed by atoms with Crippen LogP contribution in [0.25, 0.3) is 11.1 Å². The minimum absolute atomic E-state index is 0.0107. The van der Waals surface area contributed by atoms with Gasteiger partial charge in [-0.3, -0.25) is 0 Å². The van der Waals surface area contributed by atoms with E-state index in [-0.39, 0.29) is 10.8 Å². The van der Waals surface area contributed by atoms with Gasteiger partial charge in [-0.25, -0.2) is 0 Å². The van der Waals surface area contributed by atoms with Crippen LogP contribution in [0.4, 0.5) is 0 Å². The van der Waals surface area contributed by atoms with Gasteiger partial charge < -0.3 is 0 Å². The summed E-state index contributed by atoms with van der Waals surface area (Å²) in [6.07, 6.45) is 9.93. The molecule has 2 aliphatic carbocycles. The quantitative estimate of drug-likeness (QED) is 0.124. The van der Waals surface area contributed by atoms with Gasteiger partial charge in [0.1, 0.15) is 0 Å². The molecule has 298 valence electrons. The van der Waals surface area contributed by atoms with Crippen LogP contribution in [0, 0.1) is 0 Å². The molecule has 6 rings (SSSR count). The van der Waals surface area contributed by atoms with Crippen LogP contribution in [0.1, 0.15) is 120 Å². The van der Waals surface area contributed by atoms with Crippen molar-refractivity contribution in [2.75, 3.05) is 0 Å². The van der Waals surface area contributed by atoms with E-state index in [0.717, 1.165) is 0 Å². The molecule has 0 aromatic heterocycles. The minimum atomic E-state index is -4.68. The van der Waals surface area contributed by atoms with Crippen LogP contribution < -0.4 is 10.4 Å². The summed E-state index contributed by atoms with van der Waals surface area (Å²) in [7, 11) is -3.08. The number of allylic oxidation sites excluding steroid dienone is 4. The third kappa shape index (κ3) is 6.96. The first-order valence-corrected chi connectivity index (χ1v) is 40.7. The van der Waals surface area contributed by atoms with Crippen molar-refractivity contribution >= 4 is 29.8 Å². The summed E-state index contributed by atoms with van der Waals surface area (Å²) in [6.45, 7) is 29.1. The molecule has 0 aliphatic heterocycles. The van der Waals surface area contributed by atoms with Gasteiger partial charge in [-0.05, 0) is 0 Å². The molecule has 0 saturated heterocycles. The predicted octanol–water partition coefficient (Wildman–Crippen LogP) is 14.8. The Kier molecular flexibility index (Phi) is 12.0. The van der Waals surface area contributed by atoms with Crippen molar-refractivity contribution in [3.8, 4) is 11.1 Å². The number of hydrogen-bond donors (Lipinski definition) is 0. The van der Waals surface area contributed by atoms with Crippen LogP contribution in [0.3, 0.4) is 0 Å². The van der Waals surface area contributed by atoms with E-state index in [2.05, 4.69) is 202 Å². The van der Waals surface area contributed by atoms with E-state index >= 15 is 0 Å². The molecule has 0 amide bonds. The first-order chi connectivity index (χ1) is 26.4. The number of fused-ring (bicyclic) bond motifs is 3. The van der Waals surface area contributed by atoms with Crippen LogP contribution in [-0.4, -0.2) is 19.4 Å². The molecule has 0 spiro atoms. The second-order valence-corrected chi connectivity index (χ2v) is 56.2. The van der Waals surface area contributed by atoms with Crippen molar-refractivity contribution in [2.45, 2.75) is 147 Å². The van der Waals surface area contributed by atoms with E-state index in [1.807, 2.05) is 0 Å². The Balaban J connectivity index is 1.81. The second-order valence-electron chi connectivity index (χ2n) is 20.6. The second kappa shape index (κ2) is 15.6. The van der Waals surface area contributed by atoms with Gasteiger partial charge in [0.2, 0.25) is 0 Å². The van der Waals surface area contributed by atoms with Gasteiger partial charge in [0.25, 0.3) is 0 Å². The van der Waals surface area contributed by atoms with Crippen molar-refractivity contribution in [1.29, 1.82) is 0 Å². The predicted molar refractivity (Wildman–Crippen MR) is 255 cm³/mol. The zero-order valence-electron chi connectivity index (χ0n) is 37.8. The third-order valence-electron chi connectivity index (χ3n) is 15.8. The van der Waals surface area contributed by atoms with Crippen LogP contribution in [0.15, 0.2) is 109 Å². The Bertz CT molecular complexity index is 2090.